The number of methoxy groups -OCH3 is 1. The summed E-state index contributed by atoms with van der Waals surface area (Å²) >= 11 is 0. The Hall–Kier alpha value is -1.35. The fourth-order valence-electron chi connectivity index (χ4n) is 1.93. The smallest absolute Gasteiger partial charge is 0.303 e. The van der Waals surface area contributed by atoms with Crippen molar-refractivity contribution in [2.75, 3.05) is 7.11 Å². The lowest BCUT2D eigenvalue weighted by Gasteiger charge is -2.24. The summed E-state index contributed by atoms with van der Waals surface area (Å²) in [7, 11) is 1.72. The first kappa shape index (κ1) is 14.7. The van der Waals surface area contributed by atoms with E-state index in [1.165, 1.54) is 11.1 Å². The molecule has 1 rings (SSSR count). The average molecular weight is 250 g/mol. The molecule has 0 heterocycles. The number of benzene rings is 1. The molecule has 0 aromatic heterocycles. The number of rotatable bonds is 7. The van der Waals surface area contributed by atoms with Gasteiger partial charge in [0.25, 0.3) is 0 Å². The summed E-state index contributed by atoms with van der Waals surface area (Å²) in [6, 6.07) is 8.18. The summed E-state index contributed by atoms with van der Waals surface area (Å²) in [6.07, 6.45) is 2.55. The molecular weight excluding hydrogens is 228 g/mol. The molecule has 0 unspecified atom stereocenters. The molecule has 0 amide bonds. The van der Waals surface area contributed by atoms with Gasteiger partial charge in [0.1, 0.15) is 0 Å². The molecule has 18 heavy (non-hydrogen) atoms. The van der Waals surface area contributed by atoms with Crippen LogP contribution in [0.1, 0.15) is 37.8 Å². The van der Waals surface area contributed by atoms with E-state index in [-0.39, 0.29) is 12.0 Å². The number of carboxylic acid groups (broad SMARTS) is 1. The summed E-state index contributed by atoms with van der Waals surface area (Å²) in [5.74, 6) is -0.732. The van der Waals surface area contributed by atoms with Crippen LogP contribution in [-0.2, 0) is 22.4 Å². The highest BCUT2D eigenvalue weighted by molar-refractivity contribution is 5.66. The molecule has 1 N–H and O–H groups in total. The van der Waals surface area contributed by atoms with Gasteiger partial charge < -0.3 is 9.84 Å². The van der Waals surface area contributed by atoms with Crippen molar-refractivity contribution in [2.24, 2.45) is 0 Å². The second kappa shape index (κ2) is 6.55. The third-order valence-electron chi connectivity index (χ3n) is 3.12. The Morgan fingerprint density at radius 1 is 1.28 bits per heavy atom. The van der Waals surface area contributed by atoms with E-state index in [4.69, 9.17) is 9.84 Å². The van der Waals surface area contributed by atoms with Gasteiger partial charge in [-0.3, -0.25) is 4.79 Å². The molecule has 0 aliphatic rings. The van der Waals surface area contributed by atoms with Crippen LogP contribution in [0, 0.1) is 0 Å². The highest BCUT2D eigenvalue weighted by Crippen LogP contribution is 2.20. The summed E-state index contributed by atoms with van der Waals surface area (Å²) in [6.45, 7) is 4.11. The van der Waals surface area contributed by atoms with E-state index in [1.54, 1.807) is 7.11 Å². The van der Waals surface area contributed by atoms with Crippen molar-refractivity contribution in [2.45, 2.75) is 45.1 Å². The third-order valence-corrected chi connectivity index (χ3v) is 3.12. The van der Waals surface area contributed by atoms with Gasteiger partial charge in [0.2, 0.25) is 0 Å². The molecule has 0 atom stereocenters. The minimum Gasteiger partial charge on any atom is -0.481 e. The number of hydrogen-bond donors (Lipinski definition) is 1. The number of ether oxygens (including phenoxy) is 1. The van der Waals surface area contributed by atoms with Crippen LogP contribution in [0.5, 0.6) is 0 Å². The first-order valence-corrected chi connectivity index (χ1v) is 6.28. The summed E-state index contributed by atoms with van der Waals surface area (Å²) in [5, 5.41) is 8.67. The fraction of sp³-hybridized carbons (Fsp3) is 0.533. The lowest BCUT2D eigenvalue weighted by Crippen LogP contribution is -2.26. The van der Waals surface area contributed by atoms with Gasteiger partial charge in [-0.1, -0.05) is 24.3 Å². The van der Waals surface area contributed by atoms with Crippen LogP contribution < -0.4 is 0 Å². The van der Waals surface area contributed by atoms with Crippen molar-refractivity contribution in [1.29, 1.82) is 0 Å². The number of aryl methyl sites for hydroxylation is 1. The maximum atomic E-state index is 10.5. The average Bonchev–Trinajstić information content (AvgIpc) is 2.30. The molecule has 0 bridgehead atoms. The molecule has 0 saturated heterocycles. The Morgan fingerprint density at radius 3 is 2.44 bits per heavy atom. The molecule has 0 saturated carbocycles. The standard InChI is InChI=1S/C15H22O3/c1-15(2,18-3)11-13-8-5-4-7-12(13)9-6-10-14(16)17/h4-5,7-8H,6,9-11H2,1-3H3,(H,16,17). The summed E-state index contributed by atoms with van der Waals surface area (Å²) < 4.78 is 5.45. The van der Waals surface area contributed by atoms with E-state index in [0.717, 1.165) is 12.8 Å². The highest BCUT2D eigenvalue weighted by Gasteiger charge is 2.18. The molecule has 3 heteroatoms. The molecule has 3 nitrogen and oxygen atoms in total. The van der Waals surface area contributed by atoms with Crippen LogP contribution in [0.2, 0.25) is 0 Å². The van der Waals surface area contributed by atoms with Gasteiger partial charge in [0.15, 0.2) is 0 Å². The second-order valence-electron chi connectivity index (χ2n) is 5.16. The molecule has 1 aromatic rings. The maximum Gasteiger partial charge on any atom is 0.303 e. The van der Waals surface area contributed by atoms with Crippen LogP contribution in [0.15, 0.2) is 24.3 Å². The monoisotopic (exact) mass is 250 g/mol. The van der Waals surface area contributed by atoms with Gasteiger partial charge in [0, 0.05) is 20.0 Å². The number of carboxylic acids is 1. The minimum atomic E-state index is -0.732. The number of hydrogen-bond acceptors (Lipinski definition) is 2. The zero-order valence-corrected chi connectivity index (χ0v) is 11.4. The predicted molar refractivity (Wildman–Crippen MR) is 71.8 cm³/mol. The third kappa shape index (κ3) is 4.88. The van der Waals surface area contributed by atoms with Gasteiger partial charge in [-0.2, -0.15) is 0 Å². The van der Waals surface area contributed by atoms with Crippen molar-refractivity contribution in [3.05, 3.63) is 35.4 Å². The fourth-order valence-corrected chi connectivity index (χ4v) is 1.93. The Kier molecular flexibility index (Phi) is 5.35. The van der Waals surface area contributed by atoms with E-state index >= 15 is 0 Å². The van der Waals surface area contributed by atoms with Gasteiger partial charge >= 0.3 is 5.97 Å². The first-order chi connectivity index (χ1) is 8.44. The molecule has 0 fully saturated rings. The van der Waals surface area contributed by atoms with Crippen molar-refractivity contribution in [3.8, 4) is 0 Å². The van der Waals surface area contributed by atoms with Crippen LogP contribution >= 0.6 is 0 Å². The van der Waals surface area contributed by atoms with Crippen molar-refractivity contribution >= 4 is 5.97 Å². The topological polar surface area (TPSA) is 46.5 Å². The molecule has 0 aliphatic heterocycles. The van der Waals surface area contributed by atoms with Gasteiger partial charge in [0.05, 0.1) is 5.60 Å². The largest absolute Gasteiger partial charge is 0.481 e. The zero-order valence-electron chi connectivity index (χ0n) is 11.4. The van der Waals surface area contributed by atoms with Crippen molar-refractivity contribution in [3.63, 3.8) is 0 Å². The van der Waals surface area contributed by atoms with E-state index in [2.05, 4.69) is 26.0 Å². The lowest BCUT2D eigenvalue weighted by molar-refractivity contribution is -0.137. The van der Waals surface area contributed by atoms with Crippen molar-refractivity contribution in [1.82, 2.24) is 0 Å². The van der Waals surface area contributed by atoms with Crippen molar-refractivity contribution < 1.29 is 14.6 Å². The molecule has 0 aliphatic carbocycles. The Balaban J connectivity index is 2.70. The van der Waals surface area contributed by atoms with Crippen LogP contribution in [0.25, 0.3) is 0 Å². The van der Waals surface area contributed by atoms with Gasteiger partial charge in [-0.15, -0.1) is 0 Å². The number of aliphatic carboxylic acids is 1. The van der Waals surface area contributed by atoms with Crippen LogP contribution in [0.3, 0.4) is 0 Å². The van der Waals surface area contributed by atoms with Crippen LogP contribution in [0.4, 0.5) is 0 Å². The maximum absolute atomic E-state index is 10.5. The molecule has 100 valence electrons. The highest BCUT2D eigenvalue weighted by atomic mass is 16.5. The van der Waals surface area contributed by atoms with E-state index in [9.17, 15) is 4.79 Å². The van der Waals surface area contributed by atoms with E-state index in [1.807, 2.05) is 12.1 Å². The second-order valence-corrected chi connectivity index (χ2v) is 5.16. The Labute approximate surface area is 109 Å². The molecule has 1 aromatic carbocycles. The Bertz CT molecular complexity index is 396. The zero-order chi connectivity index (χ0) is 13.6. The minimum absolute atomic E-state index is 0.192. The van der Waals surface area contributed by atoms with Gasteiger partial charge in [-0.05, 0) is 37.8 Å². The lowest BCUT2D eigenvalue weighted by atomic mass is 9.92. The molecular formula is C15H22O3. The SMILES string of the molecule is COC(C)(C)Cc1ccccc1CCCC(=O)O. The summed E-state index contributed by atoms with van der Waals surface area (Å²) in [4.78, 5) is 10.5. The summed E-state index contributed by atoms with van der Waals surface area (Å²) in [5.41, 5.74) is 2.28. The van der Waals surface area contributed by atoms with Crippen LogP contribution in [-0.4, -0.2) is 23.8 Å². The van der Waals surface area contributed by atoms with Gasteiger partial charge in [-0.25, -0.2) is 0 Å². The Morgan fingerprint density at radius 2 is 1.89 bits per heavy atom. The quantitative estimate of drug-likeness (QED) is 0.809. The predicted octanol–water partition coefficient (Wildman–Crippen LogP) is 3.06. The normalized spacial score (nSPS) is 11.5. The molecule has 0 radical (unpaired) electrons. The first-order valence-electron chi connectivity index (χ1n) is 6.28. The van der Waals surface area contributed by atoms with E-state index in [0.29, 0.717) is 6.42 Å². The molecule has 0 spiro atoms. The number of carbonyl (C=O) groups is 1. The van der Waals surface area contributed by atoms with E-state index < -0.39 is 5.97 Å².